The maximum Gasteiger partial charge on any atom is 0.161 e. The molecule has 6 heteroatoms. The lowest BCUT2D eigenvalue weighted by Crippen LogP contribution is -2.31. The van der Waals surface area contributed by atoms with Gasteiger partial charge in [-0.1, -0.05) is 0 Å². The SMILES string of the molecule is COc1cnn(C(C)C)c1C(NN)c1ccncc1. The molecular formula is C13H19N5O. The molecule has 2 aromatic rings. The zero-order valence-corrected chi connectivity index (χ0v) is 11.4. The number of hydrogen-bond acceptors (Lipinski definition) is 5. The van der Waals surface area contributed by atoms with E-state index in [-0.39, 0.29) is 12.1 Å². The van der Waals surface area contributed by atoms with E-state index in [4.69, 9.17) is 10.6 Å². The van der Waals surface area contributed by atoms with Crippen LogP contribution in [0.2, 0.25) is 0 Å². The van der Waals surface area contributed by atoms with E-state index in [1.165, 1.54) is 0 Å². The van der Waals surface area contributed by atoms with Crippen molar-refractivity contribution < 1.29 is 4.74 Å². The maximum atomic E-state index is 5.72. The number of methoxy groups -OCH3 is 1. The minimum absolute atomic E-state index is 0.192. The van der Waals surface area contributed by atoms with E-state index in [1.54, 1.807) is 25.7 Å². The van der Waals surface area contributed by atoms with E-state index in [0.29, 0.717) is 5.75 Å². The Bertz CT molecular complexity index is 523. The van der Waals surface area contributed by atoms with Gasteiger partial charge >= 0.3 is 0 Å². The lowest BCUT2D eigenvalue weighted by Gasteiger charge is -2.21. The highest BCUT2D eigenvalue weighted by atomic mass is 16.5. The smallest absolute Gasteiger partial charge is 0.161 e. The molecule has 2 aromatic heterocycles. The monoisotopic (exact) mass is 261 g/mol. The lowest BCUT2D eigenvalue weighted by atomic mass is 10.0. The van der Waals surface area contributed by atoms with Crippen LogP contribution in [-0.4, -0.2) is 21.9 Å². The van der Waals surface area contributed by atoms with Gasteiger partial charge in [0.15, 0.2) is 5.75 Å². The molecular weight excluding hydrogens is 242 g/mol. The fourth-order valence-electron chi connectivity index (χ4n) is 2.09. The first-order chi connectivity index (χ1) is 9.19. The summed E-state index contributed by atoms with van der Waals surface area (Å²) in [6.45, 7) is 4.13. The highest BCUT2D eigenvalue weighted by Gasteiger charge is 2.23. The summed E-state index contributed by atoms with van der Waals surface area (Å²) in [4.78, 5) is 4.02. The van der Waals surface area contributed by atoms with Crippen LogP contribution in [0.3, 0.4) is 0 Å². The van der Waals surface area contributed by atoms with Crippen LogP contribution >= 0.6 is 0 Å². The fourth-order valence-corrected chi connectivity index (χ4v) is 2.09. The molecule has 19 heavy (non-hydrogen) atoms. The van der Waals surface area contributed by atoms with E-state index in [2.05, 4.69) is 29.4 Å². The number of pyridine rings is 1. The first-order valence-electron chi connectivity index (χ1n) is 6.16. The average Bonchev–Trinajstić information content (AvgIpc) is 2.85. The number of hydrogen-bond donors (Lipinski definition) is 2. The van der Waals surface area contributed by atoms with Crippen molar-refractivity contribution in [1.82, 2.24) is 20.2 Å². The van der Waals surface area contributed by atoms with Gasteiger partial charge in [-0.25, -0.2) is 5.43 Å². The molecule has 0 saturated carbocycles. The van der Waals surface area contributed by atoms with E-state index < -0.39 is 0 Å². The number of hydrazine groups is 1. The topological polar surface area (TPSA) is 78.0 Å². The number of nitrogens with zero attached hydrogens (tertiary/aromatic N) is 3. The molecule has 0 spiro atoms. The van der Waals surface area contributed by atoms with Crippen LogP contribution in [0.4, 0.5) is 0 Å². The Morgan fingerprint density at radius 2 is 2.00 bits per heavy atom. The number of nitrogens with two attached hydrogens (primary N) is 1. The Hall–Kier alpha value is -1.92. The molecule has 0 radical (unpaired) electrons. The third-order valence-corrected chi connectivity index (χ3v) is 2.99. The third kappa shape index (κ3) is 2.59. The van der Waals surface area contributed by atoms with Crippen LogP contribution in [-0.2, 0) is 0 Å². The first kappa shape index (κ1) is 13.5. The van der Waals surface area contributed by atoms with Crippen molar-refractivity contribution in [3.63, 3.8) is 0 Å². The van der Waals surface area contributed by atoms with E-state index >= 15 is 0 Å². The van der Waals surface area contributed by atoms with Crippen LogP contribution in [0.25, 0.3) is 0 Å². The molecule has 0 amide bonds. The zero-order chi connectivity index (χ0) is 13.8. The molecule has 0 aromatic carbocycles. The lowest BCUT2D eigenvalue weighted by molar-refractivity contribution is 0.394. The summed E-state index contributed by atoms with van der Waals surface area (Å²) in [7, 11) is 1.63. The molecule has 0 aliphatic carbocycles. The fraction of sp³-hybridized carbons (Fsp3) is 0.385. The number of nitrogens with one attached hydrogen (secondary N) is 1. The van der Waals surface area contributed by atoms with Gasteiger partial charge in [-0.3, -0.25) is 15.5 Å². The Labute approximate surface area is 112 Å². The van der Waals surface area contributed by atoms with Crippen LogP contribution in [0.5, 0.6) is 5.75 Å². The molecule has 102 valence electrons. The van der Waals surface area contributed by atoms with Crippen LogP contribution < -0.4 is 16.0 Å². The molecule has 6 nitrogen and oxygen atoms in total. The minimum atomic E-state index is -0.192. The van der Waals surface area contributed by atoms with E-state index in [0.717, 1.165) is 11.3 Å². The molecule has 2 rings (SSSR count). The zero-order valence-electron chi connectivity index (χ0n) is 11.4. The predicted molar refractivity (Wildman–Crippen MR) is 72.6 cm³/mol. The molecule has 0 bridgehead atoms. The quantitative estimate of drug-likeness (QED) is 0.628. The first-order valence-corrected chi connectivity index (χ1v) is 6.16. The predicted octanol–water partition coefficient (Wildman–Crippen LogP) is 1.42. The van der Waals surface area contributed by atoms with Crippen LogP contribution in [0.1, 0.15) is 37.2 Å². The number of rotatable bonds is 5. The summed E-state index contributed by atoms with van der Waals surface area (Å²) in [5.74, 6) is 6.44. The molecule has 1 unspecified atom stereocenters. The normalized spacial score (nSPS) is 12.7. The average molecular weight is 261 g/mol. The van der Waals surface area contributed by atoms with E-state index in [9.17, 15) is 0 Å². The second-order valence-corrected chi connectivity index (χ2v) is 4.52. The summed E-state index contributed by atoms with van der Waals surface area (Å²) in [5.41, 5.74) is 4.74. The highest BCUT2D eigenvalue weighted by molar-refractivity contribution is 5.35. The van der Waals surface area contributed by atoms with Gasteiger partial charge in [-0.15, -0.1) is 0 Å². The van der Waals surface area contributed by atoms with Crippen molar-refractivity contribution >= 4 is 0 Å². The van der Waals surface area contributed by atoms with Crippen molar-refractivity contribution in [3.05, 3.63) is 42.0 Å². The molecule has 1 atom stereocenters. The Balaban J connectivity index is 2.51. The van der Waals surface area contributed by atoms with E-state index in [1.807, 2.05) is 16.8 Å². The van der Waals surface area contributed by atoms with Crippen molar-refractivity contribution in [2.24, 2.45) is 5.84 Å². The summed E-state index contributed by atoms with van der Waals surface area (Å²) in [6, 6.07) is 3.86. The number of aromatic nitrogens is 3. The Morgan fingerprint density at radius 3 is 2.53 bits per heavy atom. The van der Waals surface area contributed by atoms with Gasteiger partial charge < -0.3 is 4.74 Å². The molecule has 0 aliphatic rings. The standard InChI is InChI=1S/C13H19N5O/c1-9(2)18-13(11(19-3)8-16-18)12(17-14)10-4-6-15-7-5-10/h4-9,12,17H,14H2,1-3H3. The summed E-state index contributed by atoms with van der Waals surface area (Å²) >= 11 is 0. The van der Waals surface area contributed by atoms with Crippen molar-refractivity contribution in [3.8, 4) is 5.75 Å². The van der Waals surface area contributed by atoms with Crippen molar-refractivity contribution in [2.75, 3.05) is 7.11 Å². The van der Waals surface area contributed by atoms with Gasteiger partial charge in [0.1, 0.15) is 5.69 Å². The molecule has 0 aliphatic heterocycles. The van der Waals surface area contributed by atoms with Gasteiger partial charge in [-0.2, -0.15) is 5.10 Å². The van der Waals surface area contributed by atoms with Gasteiger partial charge in [0.2, 0.25) is 0 Å². The molecule has 0 fully saturated rings. The molecule has 0 saturated heterocycles. The van der Waals surface area contributed by atoms with Crippen LogP contribution in [0.15, 0.2) is 30.7 Å². The molecule has 2 heterocycles. The Morgan fingerprint density at radius 1 is 1.32 bits per heavy atom. The molecule has 3 N–H and O–H groups in total. The minimum Gasteiger partial charge on any atom is -0.493 e. The second kappa shape index (κ2) is 5.81. The summed E-state index contributed by atoms with van der Waals surface area (Å²) < 4.78 is 7.29. The summed E-state index contributed by atoms with van der Waals surface area (Å²) in [5, 5.41) is 4.36. The van der Waals surface area contributed by atoms with Crippen molar-refractivity contribution in [2.45, 2.75) is 25.9 Å². The van der Waals surface area contributed by atoms with Gasteiger partial charge in [0, 0.05) is 18.4 Å². The van der Waals surface area contributed by atoms with Crippen molar-refractivity contribution in [1.29, 1.82) is 0 Å². The number of ether oxygens (including phenoxy) is 1. The summed E-state index contributed by atoms with van der Waals surface area (Å²) in [6.07, 6.45) is 5.19. The van der Waals surface area contributed by atoms with Gasteiger partial charge in [-0.05, 0) is 31.5 Å². The van der Waals surface area contributed by atoms with Crippen LogP contribution in [0, 0.1) is 0 Å². The largest absolute Gasteiger partial charge is 0.493 e. The third-order valence-electron chi connectivity index (χ3n) is 2.99. The highest BCUT2D eigenvalue weighted by Crippen LogP contribution is 2.30. The maximum absolute atomic E-state index is 5.72. The second-order valence-electron chi connectivity index (χ2n) is 4.52. The van der Waals surface area contributed by atoms with Gasteiger partial charge in [0.25, 0.3) is 0 Å². The van der Waals surface area contributed by atoms with Gasteiger partial charge in [0.05, 0.1) is 19.3 Å². The Kier molecular flexibility index (Phi) is 4.13.